The number of rotatable bonds is 7. The second-order valence-corrected chi connectivity index (χ2v) is 7.82. The lowest BCUT2D eigenvalue weighted by atomic mass is 10.1. The van der Waals surface area contributed by atoms with E-state index in [0.29, 0.717) is 18.2 Å². The fourth-order valence-corrected chi connectivity index (χ4v) is 4.22. The first kappa shape index (κ1) is 20.4. The van der Waals surface area contributed by atoms with Gasteiger partial charge in [-0.1, -0.05) is 43.4 Å². The number of carbonyl (C=O) groups is 1. The number of amides is 1. The molecule has 4 nitrogen and oxygen atoms in total. The number of anilines is 1. The van der Waals surface area contributed by atoms with Crippen molar-refractivity contribution >= 4 is 32.6 Å². The quantitative estimate of drug-likeness (QED) is 0.558. The van der Waals surface area contributed by atoms with Gasteiger partial charge in [0.05, 0.1) is 15.8 Å². The monoisotopic (exact) mass is 399 g/mol. The van der Waals surface area contributed by atoms with Crippen molar-refractivity contribution in [3.05, 3.63) is 58.9 Å². The lowest BCUT2D eigenvalue weighted by molar-refractivity contribution is 0.0980. The van der Waals surface area contributed by atoms with Gasteiger partial charge < -0.3 is 4.90 Å². The van der Waals surface area contributed by atoms with Crippen molar-refractivity contribution in [2.45, 2.75) is 27.7 Å². The van der Waals surface area contributed by atoms with Crippen molar-refractivity contribution < 1.29 is 9.18 Å². The Hall–Kier alpha value is -2.31. The highest BCUT2D eigenvalue weighted by Crippen LogP contribution is 2.32. The van der Waals surface area contributed by atoms with Crippen LogP contribution in [0.5, 0.6) is 0 Å². The maximum Gasteiger partial charge on any atom is 0.263 e. The van der Waals surface area contributed by atoms with Crippen molar-refractivity contribution in [2.24, 2.45) is 0 Å². The minimum absolute atomic E-state index is 0.0780. The Bertz CT molecular complexity index is 981. The van der Waals surface area contributed by atoms with Gasteiger partial charge in [-0.25, -0.2) is 9.37 Å². The van der Waals surface area contributed by atoms with Gasteiger partial charge in [0.2, 0.25) is 0 Å². The van der Waals surface area contributed by atoms with Gasteiger partial charge in [-0.05, 0) is 56.3 Å². The fraction of sp³-hybridized carbons (Fsp3) is 0.364. The Kier molecular flexibility index (Phi) is 6.42. The zero-order chi connectivity index (χ0) is 20.3. The average Bonchev–Trinajstić information content (AvgIpc) is 3.13. The third-order valence-electron chi connectivity index (χ3n) is 5.19. The summed E-state index contributed by atoms with van der Waals surface area (Å²) in [5, 5.41) is 0.615. The predicted octanol–water partition coefficient (Wildman–Crippen LogP) is 5.04. The minimum atomic E-state index is -0.506. The molecular weight excluding hydrogens is 373 g/mol. The van der Waals surface area contributed by atoms with Gasteiger partial charge in [-0.3, -0.25) is 9.69 Å². The zero-order valence-electron chi connectivity index (χ0n) is 16.8. The number of hydrogen-bond donors (Lipinski definition) is 0. The highest BCUT2D eigenvalue weighted by atomic mass is 32.1. The normalized spacial score (nSPS) is 11.4. The molecular formula is C22H26FN3OS. The third-order valence-corrected chi connectivity index (χ3v) is 6.23. The molecule has 1 aromatic heterocycles. The van der Waals surface area contributed by atoms with E-state index in [2.05, 4.69) is 31.7 Å². The minimum Gasteiger partial charge on any atom is -0.302 e. The summed E-state index contributed by atoms with van der Waals surface area (Å²) in [5.41, 5.74) is 3.27. The number of aryl methyl sites for hydroxylation is 2. The van der Waals surface area contributed by atoms with Crippen LogP contribution in [0.4, 0.5) is 9.52 Å². The topological polar surface area (TPSA) is 36.4 Å². The smallest absolute Gasteiger partial charge is 0.263 e. The number of fused-ring (bicyclic) bond motifs is 1. The SMILES string of the molecule is CCN(CC)CCN(C(=O)c1ccccc1F)c1nc2c(C)c(C)ccc2s1. The second-order valence-electron chi connectivity index (χ2n) is 6.81. The maximum atomic E-state index is 14.3. The first-order valence-electron chi connectivity index (χ1n) is 9.61. The van der Waals surface area contributed by atoms with Gasteiger partial charge in [0, 0.05) is 13.1 Å². The number of likely N-dealkylation sites (N-methyl/N-ethyl adjacent to an activating group) is 1. The van der Waals surface area contributed by atoms with Crippen molar-refractivity contribution in [3.63, 3.8) is 0 Å². The molecule has 6 heteroatoms. The van der Waals surface area contributed by atoms with Gasteiger partial charge in [0.1, 0.15) is 5.82 Å². The summed E-state index contributed by atoms with van der Waals surface area (Å²) < 4.78 is 15.3. The van der Waals surface area contributed by atoms with Crippen LogP contribution in [-0.2, 0) is 0 Å². The van der Waals surface area contributed by atoms with Crippen molar-refractivity contribution in [1.82, 2.24) is 9.88 Å². The number of aromatic nitrogens is 1. The van der Waals surface area contributed by atoms with Crippen LogP contribution in [0.3, 0.4) is 0 Å². The third kappa shape index (κ3) is 4.08. The van der Waals surface area contributed by atoms with Crippen LogP contribution in [0.15, 0.2) is 36.4 Å². The molecule has 1 amide bonds. The Morgan fingerprint density at radius 2 is 1.79 bits per heavy atom. The van der Waals surface area contributed by atoms with Crippen molar-refractivity contribution in [3.8, 4) is 0 Å². The molecule has 0 saturated heterocycles. The summed E-state index contributed by atoms with van der Waals surface area (Å²) in [6.45, 7) is 11.3. The Morgan fingerprint density at radius 3 is 2.46 bits per heavy atom. The summed E-state index contributed by atoms with van der Waals surface area (Å²) in [6, 6.07) is 10.2. The summed E-state index contributed by atoms with van der Waals surface area (Å²) in [7, 11) is 0. The summed E-state index contributed by atoms with van der Waals surface area (Å²) in [6.07, 6.45) is 0. The molecule has 0 bridgehead atoms. The number of carbonyl (C=O) groups excluding carboxylic acids is 1. The van der Waals surface area contributed by atoms with Crippen LogP contribution in [0.25, 0.3) is 10.2 Å². The number of benzene rings is 2. The second kappa shape index (κ2) is 8.80. The van der Waals surface area contributed by atoms with Crippen LogP contribution in [-0.4, -0.2) is 42.0 Å². The molecule has 0 radical (unpaired) electrons. The summed E-state index contributed by atoms with van der Waals surface area (Å²) in [4.78, 5) is 21.8. The molecule has 2 aromatic carbocycles. The molecule has 0 fully saturated rings. The van der Waals surface area contributed by atoms with E-state index in [9.17, 15) is 9.18 Å². The number of hydrogen-bond acceptors (Lipinski definition) is 4. The molecule has 0 aliphatic heterocycles. The number of halogens is 1. The van der Waals surface area contributed by atoms with E-state index in [1.807, 2.05) is 13.0 Å². The Morgan fingerprint density at radius 1 is 1.07 bits per heavy atom. The number of thiazole rings is 1. The van der Waals surface area contributed by atoms with Crippen LogP contribution < -0.4 is 4.90 Å². The lowest BCUT2D eigenvalue weighted by Gasteiger charge is -2.24. The lowest BCUT2D eigenvalue weighted by Crippen LogP contribution is -2.39. The molecule has 0 unspecified atom stereocenters. The van der Waals surface area contributed by atoms with E-state index in [1.54, 1.807) is 17.0 Å². The van der Waals surface area contributed by atoms with E-state index in [0.717, 1.165) is 28.9 Å². The van der Waals surface area contributed by atoms with Gasteiger partial charge in [-0.2, -0.15) is 0 Å². The van der Waals surface area contributed by atoms with E-state index in [4.69, 9.17) is 4.98 Å². The first-order chi connectivity index (χ1) is 13.5. The van der Waals surface area contributed by atoms with Gasteiger partial charge in [-0.15, -0.1) is 0 Å². The van der Waals surface area contributed by atoms with E-state index < -0.39 is 5.82 Å². The van der Waals surface area contributed by atoms with E-state index >= 15 is 0 Å². The molecule has 148 valence electrons. The van der Waals surface area contributed by atoms with Gasteiger partial charge in [0.15, 0.2) is 5.13 Å². The van der Waals surface area contributed by atoms with E-state index in [1.165, 1.54) is 29.0 Å². The van der Waals surface area contributed by atoms with E-state index in [-0.39, 0.29) is 11.5 Å². The molecule has 0 aliphatic carbocycles. The van der Waals surface area contributed by atoms with Crippen LogP contribution in [0.1, 0.15) is 35.3 Å². The van der Waals surface area contributed by atoms with Gasteiger partial charge in [0.25, 0.3) is 5.91 Å². The Balaban J connectivity index is 2.02. The average molecular weight is 400 g/mol. The zero-order valence-corrected chi connectivity index (χ0v) is 17.6. The molecule has 28 heavy (non-hydrogen) atoms. The Labute approximate surface area is 169 Å². The molecule has 3 rings (SSSR count). The van der Waals surface area contributed by atoms with Crippen LogP contribution in [0, 0.1) is 19.7 Å². The van der Waals surface area contributed by atoms with Crippen molar-refractivity contribution in [2.75, 3.05) is 31.1 Å². The highest BCUT2D eigenvalue weighted by Gasteiger charge is 2.24. The molecule has 3 aromatic rings. The molecule has 0 saturated carbocycles. The molecule has 0 N–H and O–H groups in total. The predicted molar refractivity (Wildman–Crippen MR) is 115 cm³/mol. The summed E-state index contributed by atoms with van der Waals surface area (Å²) >= 11 is 1.48. The van der Waals surface area contributed by atoms with Crippen LogP contribution in [0.2, 0.25) is 0 Å². The largest absolute Gasteiger partial charge is 0.302 e. The van der Waals surface area contributed by atoms with Crippen molar-refractivity contribution in [1.29, 1.82) is 0 Å². The molecule has 1 heterocycles. The van der Waals surface area contributed by atoms with Gasteiger partial charge >= 0.3 is 0 Å². The molecule has 0 aliphatic rings. The standard InChI is InChI=1S/C22H26FN3OS/c1-5-25(6-2)13-14-26(21(27)17-9-7-8-10-18(17)23)22-24-20-16(4)15(3)11-12-19(20)28-22/h7-12H,5-6,13-14H2,1-4H3. The number of nitrogens with zero attached hydrogens (tertiary/aromatic N) is 3. The first-order valence-corrected chi connectivity index (χ1v) is 10.4. The summed E-state index contributed by atoms with van der Waals surface area (Å²) in [5.74, 6) is -0.854. The highest BCUT2D eigenvalue weighted by molar-refractivity contribution is 7.22. The fourth-order valence-electron chi connectivity index (χ4n) is 3.18. The van der Waals surface area contributed by atoms with Crippen LogP contribution >= 0.6 is 11.3 Å². The molecule has 0 atom stereocenters. The molecule has 0 spiro atoms. The maximum absolute atomic E-state index is 14.3.